The number of benzene rings is 1. The number of nitrogens with one attached hydrogen (secondary N) is 1. The van der Waals surface area contributed by atoms with Gasteiger partial charge < -0.3 is 24.3 Å². The van der Waals surface area contributed by atoms with E-state index in [9.17, 15) is 9.59 Å². The number of ether oxygens (including phenoxy) is 4. The third kappa shape index (κ3) is 4.89. The molecule has 0 radical (unpaired) electrons. The molecular formula is C21H27ClN2O6S. The number of nitrogens with zero attached hydrogens (tertiary/aromatic N) is 1. The van der Waals surface area contributed by atoms with Crippen molar-refractivity contribution in [3.8, 4) is 17.2 Å². The summed E-state index contributed by atoms with van der Waals surface area (Å²) >= 11 is 1.41. The lowest BCUT2D eigenvalue weighted by atomic mass is 10.0. The third-order valence-electron chi connectivity index (χ3n) is 5.13. The molecule has 0 fully saturated rings. The fourth-order valence-electron chi connectivity index (χ4n) is 3.52. The van der Waals surface area contributed by atoms with Crippen molar-refractivity contribution in [2.24, 2.45) is 0 Å². The summed E-state index contributed by atoms with van der Waals surface area (Å²) in [5.74, 6) is 0.319. The highest BCUT2D eigenvalue weighted by Crippen LogP contribution is 2.40. The number of thiophene rings is 1. The molecule has 0 spiro atoms. The summed E-state index contributed by atoms with van der Waals surface area (Å²) in [7, 11) is 5.82. The first-order chi connectivity index (χ1) is 14.5. The molecule has 0 aliphatic carbocycles. The van der Waals surface area contributed by atoms with E-state index in [1.54, 1.807) is 12.1 Å². The minimum atomic E-state index is -0.447. The lowest BCUT2D eigenvalue weighted by Gasteiger charge is -2.25. The zero-order chi connectivity index (χ0) is 21.8. The highest BCUT2D eigenvalue weighted by Gasteiger charge is 2.29. The molecule has 10 heteroatoms. The van der Waals surface area contributed by atoms with E-state index in [4.69, 9.17) is 18.9 Å². The molecule has 3 rings (SSSR count). The molecule has 2 aromatic rings. The molecular weight excluding hydrogens is 444 g/mol. The summed E-state index contributed by atoms with van der Waals surface area (Å²) in [6.07, 6.45) is 0.740. The van der Waals surface area contributed by atoms with Gasteiger partial charge in [-0.3, -0.25) is 9.69 Å². The molecule has 1 N–H and O–H groups in total. The smallest absolute Gasteiger partial charge is 0.341 e. The van der Waals surface area contributed by atoms with E-state index in [1.165, 1.54) is 39.8 Å². The molecule has 1 aliphatic heterocycles. The van der Waals surface area contributed by atoms with Crippen LogP contribution in [0, 0.1) is 0 Å². The number of hydrogen-bond donors (Lipinski definition) is 1. The molecule has 0 saturated heterocycles. The molecule has 1 amide bonds. The summed E-state index contributed by atoms with van der Waals surface area (Å²) in [4.78, 5) is 28.9. The van der Waals surface area contributed by atoms with Gasteiger partial charge in [-0.05, 0) is 30.7 Å². The van der Waals surface area contributed by atoms with Crippen LogP contribution in [0.3, 0.4) is 0 Å². The normalized spacial score (nSPS) is 12.9. The van der Waals surface area contributed by atoms with Gasteiger partial charge in [0.25, 0.3) is 5.91 Å². The number of fused-ring (bicyclic) bond motifs is 1. The van der Waals surface area contributed by atoms with E-state index >= 15 is 0 Å². The molecule has 1 aromatic heterocycles. The van der Waals surface area contributed by atoms with E-state index in [0.29, 0.717) is 33.4 Å². The zero-order valence-electron chi connectivity index (χ0n) is 18.2. The highest BCUT2D eigenvalue weighted by molar-refractivity contribution is 7.17. The molecule has 0 atom stereocenters. The van der Waals surface area contributed by atoms with Crippen molar-refractivity contribution < 1.29 is 28.5 Å². The molecule has 170 valence electrons. The Balaban J connectivity index is 0.00000341. The second kappa shape index (κ2) is 10.7. The molecule has 8 nitrogen and oxygen atoms in total. The van der Waals surface area contributed by atoms with Crippen molar-refractivity contribution in [1.29, 1.82) is 0 Å². The molecule has 0 unspecified atom stereocenters. The van der Waals surface area contributed by atoms with Crippen LogP contribution in [0.25, 0.3) is 0 Å². The lowest BCUT2D eigenvalue weighted by Crippen LogP contribution is -2.29. The van der Waals surface area contributed by atoms with Gasteiger partial charge in [0.2, 0.25) is 5.75 Å². The van der Waals surface area contributed by atoms with Crippen molar-refractivity contribution in [2.45, 2.75) is 19.9 Å². The van der Waals surface area contributed by atoms with Gasteiger partial charge in [-0.2, -0.15) is 0 Å². The number of hydrogen-bond acceptors (Lipinski definition) is 8. The van der Waals surface area contributed by atoms with Crippen LogP contribution in [0.4, 0.5) is 5.00 Å². The predicted molar refractivity (Wildman–Crippen MR) is 122 cm³/mol. The van der Waals surface area contributed by atoms with Crippen molar-refractivity contribution >= 4 is 40.6 Å². The quantitative estimate of drug-likeness (QED) is 0.618. The van der Waals surface area contributed by atoms with Gasteiger partial charge in [-0.15, -0.1) is 23.7 Å². The van der Waals surface area contributed by atoms with E-state index in [-0.39, 0.29) is 18.3 Å². The van der Waals surface area contributed by atoms with Crippen LogP contribution >= 0.6 is 23.7 Å². The second-order valence-corrected chi connectivity index (χ2v) is 7.79. The average Bonchev–Trinajstić information content (AvgIpc) is 3.13. The number of carbonyl (C=O) groups excluding carboxylic acids is 2. The highest BCUT2D eigenvalue weighted by atomic mass is 35.5. The molecule has 0 bridgehead atoms. The van der Waals surface area contributed by atoms with Gasteiger partial charge in [0, 0.05) is 23.5 Å². The first kappa shape index (κ1) is 24.8. The number of amides is 1. The maximum absolute atomic E-state index is 13.0. The Morgan fingerprint density at radius 3 is 2.26 bits per heavy atom. The van der Waals surface area contributed by atoms with Gasteiger partial charge in [-0.1, -0.05) is 6.92 Å². The topological polar surface area (TPSA) is 86.3 Å². The number of likely N-dealkylation sites (N-methyl/N-ethyl adjacent to an activating group) is 1. The van der Waals surface area contributed by atoms with Crippen LogP contribution in [0.15, 0.2) is 12.1 Å². The summed E-state index contributed by atoms with van der Waals surface area (Å²) in [6, 6.07) is 3.14. The van der Waals surface area contributed by atoms with Crippen LogP contribution in [0.5, 0.6) is 17.2 Å². The van der Waals surface area contributed by atoms with Crippen molar-refractivity contribution in [2.75, 3.05) is 46.8 Å². The third-order valence-corrected chi connectivity index (χ3v) is 6.26. The van der Waals surface area contributed by atoms with Crippen LogP contribution in [0.2, 0.25) is 0 Å². The number of halogens is 1. The summed E-state index contributed by atoms with van der Waals surface area (Å²) < 4.78 is 21.0. The number of anilines is 1. The molecule has 1 aromatic carbocycles. The minimum Gasteiger partial charge on any atom is -0.493 e. The largest absolute Gasteiger partial charge is 0.493 e. The molecule has 31 heavy (non-hydrogen) atoms. The lowest BCUT2D eigenvalue weighted by molar-refractivity contribution is 0.0600. The number of carbonyl (C=O) groups is 2. The number of rotatable bonds is 7. The molecule has 0 saturated carbocycles. The zero-order valence-corrected chi connectivity index (χ0v) is 19.8. The van der Waals surface area contributed by atoms with Gasteiger partial charge in [-0.25, -0.2) is 4.79 Å². The Morgan fingerprint density at radius 1 is 1.10 bits per heavy atom. The standard InChI is InChI=1S/C21H26N2O6S.ClH/c1-6-23-8-7-13-16(11-23)30-20(17(13)21(25)29-5)22-19(24)12-9-14(26-2)18(28-4)15(10-12)27-3;/h9-10H,6-8,11H2,1-5H3,(H,22,24);1H. The number of methoxy groups -OCH3 is 4. The van der Waals surface area contributed by atoms with E-state index in [1.807, 2.05) is 0 Å². The van der Waals surface area contributed by atoms with E-state index in [0.717, 1.165) is 36.5 Å². The monoisotopic (exact) mass is 470 g/mol. The summed E-state index contributed by atoms with van der Waals surface area (Å²) in [5, 5.41) is 3.37. The van der Waals surface area contributed by atoms with Gasteiger partial charge >= 0.3 is 5.97 Å². The maximum atomic E-state index is 13.0. The van der Waals surface area contributed by atoms with Crippen molar-refractivity contribution in [3.05, 3.63) is 33.7 Å². The van der Waals surface area contributed by atoms with Gasteiger partial charge in [0.15, 0.2) is 11.5 Å². The maximum Gasteiger partial charge on any atom is 0.341 e. The Labute approximate surface area is 191 Å². The van der Waals surface area contributed by atoms with E-state index in [2.05, 4.69) is 17.1 Å². The van der Waals surface area contributed by atoms with E-state index < -0.39 is 5.97 Å². The van der Waals surface area contributed by atoms with Gasteiger partial charge in [0.1, 0.15) is 5.00 Å². The van der Waals surface area contributed by atoms with Gasteiger partial charge in [0.05, 0.1) is 34.0 Å². The van der Waals surface area contributed by atoms with Crippen LogP contribution in [-0.2, 0) is 17.7 Å². The van der Waals surface area contributed by atoms with Crippen LogP contribution < -0.4 is 19.5 Å². The minimum absolute atomic E-state index is 0. The fraction of sp³-hybridized carbons (Fsp3) is 0.429. The van der Waals surface area contributed by atoms with Crippen molar-refractivity contribution in [1.82, 2.24) is 4.90 Å². The SMILES string of the molecule is CCN1CCc2c(sc(NC(=O)c3cc(OC)c(OC)c(OC)c3)c2C(=O)OC)C1.Cl. The molecule has 1 aliphatic rings. The first-order valence-electron chi connectivity index (χ1n) is 9.53. The summed E-state index contributed by atoms with van der Waals surface area (Å²) in [6.45, 7) is 4.65. The van der Waals surface area contributed by atoms with Crippen LogP contribution in [-0.4, -0.2) is 58.3 Å². The fourth-order valence-corrected chi connectivity index (χ4v) is 4.79. The Kier molecular flexibility index (Phi) is 8.55. The Bertz CT molecular complexity index is 937. The average molecular weight is 471 g/mol. The predicted octanol–water partition coefficient (Wildman–Crippen LogP) is 3.61. The second-order valence-electron chi connectivity index (χ2n) is 6.69. The van der Waals surface area contributed by atoms with Crippen molar-refractivity contribution in [3.63, 3.8) is 0 Å². The Morgan fingerprint density at radius 2 is 1.74 bits per heavy atom. The first-order valence-corrected chi connectivity index (χ1v) is 10.4. The Hall–Kier alpha value is -2.49. The van der Waals surface area contributed by atoms with Crippen LogP contribution in [0.1, 0.15) is 38.1 Å². The summed E-state index contributed by atoms with van der Waals surface area (Å²) in [5.41, 5.74) is 1.72. The number of esters is 1. The molecule has 2 heterocycles.